The molecule has 108 valence electrons. The summed E-state index contributed by atoms with van der Waals surface area (Å²) in [6.45, 7) is 7.39. The van der Waals surface area contributed by atoms with Crippen LogP contribution in [0.2, 0.25) is 0 Å². The summed E-state index contributed by atoms with van der Waals surface area (Å²) >= 11 is 3.45. The summed E-state index contributed by atoms with van der Waals surface area (Å²) in [5.74, 6) is -0.177. The van der Waals surface area contributed by atoms with Crippen LogP contribution in [0.15, 0.2) is 22.7 Å². The number of hydrogen-bond acceptors (Lipinski definition) is 2. The molecule has 1 aliphatic rings. The van der Waals surface area contributed by atoms with Gasteiger partial charge in [0.2, 0.25) is 5.91 Å². The average molecular weight is 339 g/mol. The first kappa shape index (κ1) is 15.0. The van der Waals surface area contributed by atoms with Crippen LogP contribution in [0.1, 0.15) is 32.8 Å². The molecule has 1 fully saturated rings. The van der Waals surface area contributed by atoms with Crippen LogP contribution in [0.3, 0.4) is 0 Å². The summed E-state index contributed by atoms with van der Waals surface area (Å²) < 4.78 is 0.987. The third-order valence-corrected chi connectivity index (χ3v) is 4.87. The minimum atomic E-state index is -0.829. The Morgan fingerprint density at radius 2 is 2.05 bits per heavy atom. The lowest BCUT2D eigenvalue weighted by atomic mass is 9.91. The highest BCUT2D eigenvalue weighted by atomic mass is 79.9. The van der Waals surface area contributed by atoms with Crippen LogP contribution in [-0.2, 0) is 9.59 Å². The van der Waals surface area contributed by atoms with E-state index in [0.717, 1.165) is 15.7 Å². The number of carbonyl (C=O) groups excluding carboxylic acids is 2. The van der Waals surface area contributed by atoms with Crippen LogP contribution < -0.4 is 10.2 Å². The van der Waals surface area contributed by atoms with Gasteiger partial charge in [0.1, 0.15) is 11.6 Å². The number of hydrogen-bond donors (Lipinski definition) is 1. The van der Waals surface area contributed by atoms with Crippen LogP contribution in [-0.4, -0.2) is 23.4 Å². The lowest BCUT2D eigenvalue weighted by Gasteiger charge is -2.43. The molecule has 5 heteroatoms. The molecular weight excluding hydrogens is 320 g/mol. The first-order valence-corrected chi connectivity index (χ1v) is 7.51. The zero-order chi connectivity index (χ0) is 15.1. The zero-order valence-electron chi connectivity index (χ0n) is 12.2. The topological polar surface area (TPSA) is 49.4 Å². The average Bonchev–Trinajstić information content (AvgIpc) is 2.41. The molecule has 0 saturated carbocycles. The predicted molar refractivity (Wildman–Crippen MR) is 82.7 cm³/mol. The molecule has 2 atom stereocenters. The van der Waals surface area contributed by atoms with Gasteiger partial charge in [0.25, 0.3) is 5.91 Å². The fourth-order valence-corrected chi connectivity index (χ4v) is 2.59. The van der Waals surface area contributed by atoms with E-state index in [1.807, 2.05) is 32.0 Å². The van der Waals surface area contributed by atoms with Crippen molar-refractivity contribution in [3.8, 4) is 0 Å². The van der Waals surface area contributed by atoms with E-state index >= 15 is 0 Å². The first-order valence-electron chi connectivity index (χ1n) is 6.72. The van der Waals surface area contributed by atoms with Gasteiger partial charge in [0.15, 0.2) is 0 Å². The van der Waals surface area contributed by atoms with E-state index in [2.05, 4.69) is 21.2 Å². The van der Waals surface area contributed by atoms with Crippen molar-refractivity contribution in [2.45, 2.75) is 45.7 Å². The number of carbonyl (C=O) groups is 2. The number of nitrogens with one attached hydrogen (secondary N) is 1. The molecular formula is C15H19BrN2O2. The first-order chi connectivity index (χ1) is 9.30. The van der Waals surface area contributed by atoms with Gasteiger partial charge in [0, 0.05) is 10.2 Å². The maximum Gasteiger partial charge on any atom is 0.253 e. The van der Waals surface area contributed by atoms with Crippen molar-refractivity contribution in [1.82, 2.24) is 5.32 Å². The van der Waals surface area contributed by atoms with Crippen molar-refractivity contribution in [2.75, 3.05) is 4.90 Å². The van der Waals surface area contributed by atoms with Crippen LogP contribution in [0.4, 0.5) is 5.69 Å². The molecule has 1 heterocycles. The molecule has 1 aromatic rings. The van der Waals surface area contributed by atoms with Gasteiger partial charge in [-0.1, -0.05) is 22.9 Å². The molecule has 2 amide bonds. The number of amides is 2. The minimum Gasteiger partial charge on any atom is -0.340 e. The number of anilines is 1. The molecule has 0 bridgehead atoms. The van der Waals surface area contributed by atoms with Crippen molar-refractivity contribution < 1.29 is 9.59 Å². The van der Waals surface area contributed by atoms with Gasteiger partial charge >= 0.3 is 0 Å². The fraction of sp³-hybridized carbons (Fsp3) is 0.467. The van der Waals surface area contributed by atoms with Crippen molar-refractivity contribution in [3.63, 3.8) is 0 Å². The van der Waals surface area contributed by atoms with E-state index in [1.165, 1.54) is 0 Å². The smallest absolute Gasteiger partial charge is 0.253 e. The van der Waals surface area contributed by atoms with Crippen molar-refractivity contribution >= 4 is 33.4 Å². The van der Waals surface area contributed by atoms with Crippen LogP contribution >= 0.6 is 15.9 Å². The molecule has 0 aliphatic carbocycles. The standard InChI is InChI=1S/C15H19BrN2O2/c1-5-15(4)14(20)18(10(3)13(19)17-15)11-6-7-12(16)9(2)8-11/h6-8,10H,5H2,1-4H3,(H,17,19). The number of aryl methyl sites for hydroxylation is 1. The Bertz CT molecular complexity index is 573. The lowest BCUT2D eigenvalue weighted by Crippen LogP contribution is -2.68. The molecule has 2 rings (SSSR count). The summed E-state index contributed by atoms with van der Waals surface area (Å²) in [5, 5.41) is 2.83. The zero-order valence-corrected chi connectivity index (χ0v) is 13.7. The molecule has 4 nitrogen and oxygen atoms in total. The Labute approximate surface area is 127 Å². The molecule has 1 N–H and O–H groups in total. The van der Waals surface area contributed by atoms with Gasteiger partial charge in [0.05, 0.1) is 0 Å². The number of benzene rings is 1. The Balaban J connectivity index is 2.48. The number of piperazine rings is 1. The molecule has 1 saturated heterocycles. The summed E-state index contributed by atoms with van der Waals surface area (Å²) in [6, 6.07) is 5.19. The molecule has 0 radical (unpaired) electrons. The molecule has 20 heavy (non-hydrogen) atoms. The SMILES string of the molecule is CCC1(C)NC(=O)C(C)N(c2ccc(Br)c(C)c2)C1=O. The molecule has 1 aliphatic heterocycles. The fourth-order valence-electron chi connectivity index (χ4n) is 2.35. The summed E-state index contributed by atoms with van der Waals surface area (Å²) in [6.07, 6.45) is 0.566. The second-order valence-electron chi connectivity index (χ2n) is 5.46. The Morgan fingerprint density at radius 1 is 1.40 bits per heavy atom. The second kappa shape index (κ2) is 5.20. The number of halogens is 1. The van der Waals surface area contributed by atoms with Crippen LogP contribution in [0.5, 0.6) is 0 Å². The highest BCUT2D eigenvalue weighted by Crippen LogP contribution is 2.29. The Hall–Kier alpha value is -1.36. The van der Waals surface area contributed by atoms with Gasteiger partial charge in [-0.05, 0) is 51.0 Å². The molecule has 0 aromatic heterocycles. The van der Waals surface area contributed by atoms with Gasteiger partial charge in [-0.25, -0.2) is 0 Å². The predicted octanol–water partition coefficient (Wildman–Crippen LogP) is 2.78. The third-order valence-electron chi connectivity index (χ3n) is 3.98. The third kappa shape index (κ3) is 2.35. The Kier molecular flexibility index (Phi) is 3.91. The monoisotopic (exact) mass is 338 g/mol. The van der Waals surface area contributed by atoms with E-state index in [9.17, 15) is 9.59 Å². The summed E-state index contributed by atoms with van der Waals surface area (Å²) in [5.41, 5.74) is 0.967. The normalized spacial score (nSPS) is 26.6. The largest absolute Gasteiger partial charge is 0.340 e. The van der Waals surface area contributed by atoms with Gasteiger partial charge in [-0.3, -0.25) is 14.5 Å². The van der Waals surface area contributed by atoms with Gasteiger partial charge < -0.3 is 5.32 Å². The number of rotatable bonds is 2. The lowest BCUT2D eigenvalue weighted by molar-refractivity contribution is -0.137. The molecule has 1 aromatic carbocycles. The van der Waals surface area contributed by atoms with E-state index in [0.29, 0.717) is 6.42 Å². The second-order valence-corrected chi connectivity index (χ2v) is 6.31. The number of nitrogens with zero attached hydrogens (tertiary/aromatic N) is 1. The summed E-state index contributed by atoms with van der Waals surface area (Å²) in [4.78, 5) is 26.5. The van der Waals surface area contributed by atoms with E-state index < -0.39 is 11.6 Å². The quantitative estimate of drug-likeness (QED) is 0.901. The van der Waals surface area contributed by atoms with Crippen molar-refractivity contribution in [1.29, 1.82) is 0 Å². The van der Waals surface area contributed by atoms with Crippen molar-refractivity contribution in [2.24, 2.45) is 0 Å². The van der Waals surface area contributed by atoms with Crippen LogP contribution in [0.25, 0.3) is 0 Å². The van der Waals surface area contributed by atoms with E-state index in [-0.39, 0.29) is 11.8 Å². The van der Waals surface area contributed by atoms with Crippen molar-refractivity contribution in [3.05, 3.63) is 28.2 Å². The van der Waals surface area contributed by atoms with E-state index in [1.54, 1.807) is 18.7 Å². The maximum absolute atomic E-state index is 12.7. The minimum absolute atomic E-state index is 0.0613. The van der Waals surface area contributed by atoms with E-state index in [4.69, 9.17) is 0 Å². The van der Waals surface area contributed by atoms with Gasteiger partial charge in [-0.15, -0.1) is 0 Å². The summed E-state index contributed by atoms with van der Waals surface area (Å²) in [7, 11) is 0. The maximum atomic E-state index is 12.7. The molecule has 0 spiro atoms. The molecule has 2 unspecified atom stereocenters. The van der Waals surface area contributed by atoms with Crippen LogP contribution in [0, 0.1) is 6.92 Å². The highest BCUT2D eigenvalue weighted by molar-refractivity contribution is 9.10. The highest BCUT2D eigenvalue weighted by Gasteiger charge is 2.45. The Morgan fingerprint density at radius 3 is 2.60 bits per heavy atom. The van der Waals surface area contributed by atoms with Gasteiger partial charge in [-0.2, -0.15) is 0 Å².